The van der Waals surface area contributed by atoms with Crippen LogP contribution in [0, 0.1) is 0 Å². The second kappa shape index (κ2) is 5.77. The van der Waals surface area contributed by atoms with Crippen LogP contribution in [-0.2, 0) is 13.0 Å². The van der Waals surface area contributed by atoms with E-state index < -0.39 is 5.97 Å². The van der Waals surface area contributed by atoms with E-state index in [0.29, 0.717) is 25.1 Å². The van der Waals surface area contributed by atoms with Gasteiger partial charge >= 0.3 is 12.0 Å². The molecule has 2 amide bonds. The van der Waals surface area contributed by atoms with Crippen molar-refractivity contribution >= 4 is 12.0 Å². The molecule has 1 aromatic carbocycles. The Morgan fingerprint density at radius 2 is 2.25 bits per heavy atom. The highest BCUT2D eigenvalue weighted by molar-refractivity contribution is 5.90. The molecule has 1 aliphatic rings. The second-order valence-corrected chi connectivity index (χ2v) is 4.89. The van der Waals surface area contributed by atoms with Crippen LogP contribution in [0.1, 0.15) is 28.4 Å². The van der Waals surface area contributed by atoms with Crippen LogP contribution in [0.5, 0.6) is 0 Å². The highest BCUT2D eigenvalue weighted by Crippen LogP contribution is 2.22. The molecule has 5 heteroatoms. The molecule has 2 N–H and O–H groups in total. The third-order valence-electron chi connectivity index (χ3n) is 3.49. The molecule has 0 radical (unpaired) electrons. The van der Waals surface area contributed by atoms with Crippen molar-refractivity contribution in [2.45, 2.75) is 25.9 Å². The van der Waals surface area contributed by atoms with E-state index in [1.165, 1.54) is 0 Å². The zero-order valence-corrected chi connectivity index (χ0v) is 11.4. The van der Waals surface area contributed by atoms with Crippen LogP contribution < -0.4 is 5.32 Å². The van der Waals surface area contributed by atoms with Gasteiger partial charge in [0.25, 0.3) is 0 Å². The maximum Gasteiger partial charge on any atom is 0.335 e. The molecule has 0 saturated heterocycles. The van der Waals surface area contributed by atoms with Crippen LogP contribution in [0.15, 0.2) is 30.9 Å². The van der Waals surface area contributed by atoms with Crippen molar-refractivity contribution in [3.63, 3.8) is 0 Å². The number of carboxylic acids is 1. The zero-order chi connectivity index (χ0) is 14.7. The number of aromatic carboxylic acids is 1. The molecule has 0 fully saturated rings. The van der Waals surface area contributed by atoms with Crippen molar-refractivity contribution in [1.82, 2.24) is 10.2 Å². The van der Waals surface area contributed by atoms with Gasteiger partial charge in [0, 0.05) is 19.1 Å². The number of amides is 2. The average molecular weight is 274 g/mol. The first kappa shape index (κ1) is 14.1. The fourth-order valence-electron chi connectivity index (χ4n) is 2.33. The molecule has 1 aliphatic heterocycles. The molecule has 1 heterocycles. The first-order chi connectivity index (χ1) is 9.52. The summed E-state index contributed by atoms with van der Waals surface area (Å²) < 4.78 is 0. The average Bonchev–Trinajstić information content (AvgIpc) is 2.45. The summed E-state index contributed by atoms with van der Waals surface area (Å²) in [5, 5.41) is 12.0. The van der Waals surface area contributed by atoms with E-state index in [9.17, 15) is 9.59 Å². The SMILES string of the molecule is C=CC(C)NC(=O)N1CCc2c(cccc2C(=O)O)C1. The molecule has 1 aromatic rings. The number of fused-ring (bicyclic) bond motifs is 1. The largest absolute Gasteiger partial charge is 0.478 e. The van der Waals surface area contributed by atoms with Crippen molar-refractivity contribution in [1.29, 1.82) is 0 Å². The predicted molar refractivity (Wildman–Crippen MR) is 75.7 cm³/mol. The van der Waals surface area contributed by atoms with Gasteiger partial charge in [0.05, 0.1) is 5.56 Å². The highest BCUT2D eigenvalue weighted by Gasteiger charge is 2.24. The van der Waals surface area contributed by atoms with Crippen LogP contribution in [0.3, 0.4) is 0 Å². The number of carbonyl (C=O) groups is 2. The smallest absolute Gasteiger partial charge is 0.335 e. The lowest BCUT2D eigenvalue weighted by Crippen LogP contribution is -2.45. The summed E-state index contributed by atoms with van der Waals surface area (Å²) in [5.74, 6) is -0.917. The lowest BCUT2D eigenvalue weighted by Gasteiger charge is -2.30. The molecule has 0 spiro atoms. The number of benzene rings is 1. The Morgan fingerprint density at radius 1 is 1.50 bits per heavy atom. The molecule has 5 nitrogen and oxygen atoms in total. The van der Waals surface area contributed by atoms with Crippen LogP contribution in [0.2, 0.25) is 0 Å². The van der Waals surface area contributed by atoms with Gasteiger partial charge in [-0.15, -0.1) is 6.58 Å². The number of urea groups is 1. The Kier molecular flexibility index (Phi) is 4.08. The minimum Gasteiger partial charge on any atom is -0.478 e. The molecule has 0 bridgehead atoms. The number of nitrogens with zero attached hydrogens (tertiary/aromatic N) is 1. The first-order valence-electron chi connectivity index (χ1n) is 6.55. The second-order valence-electron chi connectivity index (χ2n) is 4.89. The molecule has 20 heavy (non-hydrogen) atoms. The van der Waals surface area contributed by atoms with Crippen molar-refractivity contribution < 1.29 is 14.7 Å². The molecule has 0 aliphatic carbocycles. The maximum atomic E-state index is 12.0. The van der Waals surface area contributed by atoms with E-state index in [4.69, 9.17) is 5.11 Å². The lowest BCUT2D eigenvalue weighted by molar-refractivity contribution is 0.0695. The first-order valence-corrected chi connectivity index (χ1v) is 6.55. The van der Waals surface area contributed by atoms with E-state index in [2.05, 4.69) is 11.9 Å². The summed E-state index contributed by atoms with van der Waals surface area (Å²) in [6.45, 7) is 6.44. The van der Waals surface area contributed by atoms with Gasteiger partial charge < -0.3 is 15.3 Å². The highest BCUT2D eigenvalue weighted by atomic mass is 16.4. The Labute approximate surface area is 117 Å². The Balaban J connectivity index is 2.15. The van der Waals surface area contributed by atoms with Gasteiger partial charge in [0.1, 0.15) is 0 Å². The van der Waals surface area contributed by atoms with Crippen LogP contribution >= 0.6 is 0 Å². The summed E-state index contributed by atoms with van der Waals surface area (Å²) >= 11 is 0. The third-order valence-corrected chi connectivity index (χ3v) is 3.49. The zero-order valence-electron chi connectivity index (χ0n) is 11.4. The maximum absolute atomic E-state index is 12.0. The normalized spacial score (nSPS) is 15.2. The molecular weight excluding hydrogens is 256 g/mol. The van der Waals surface area contributed by atoms with Gasteiger partial charge in [-0.1, -0.05) is 18.2 Å². The minimum absolute atomic E-state index is 0.0887. The summed E-state index contributed by atoms with van der Waals surface area (Å²) in [5.41, 5.74) is 2.07. The molecule has 1 unspecified atom stereocenters. The van der Waals surface area contributed by atoms with Gasteiger partial charge in [0.15, 0.2) is 0 Å². The summed E-state index contributed by atoms with van der Waals surface area (Å²) in [4.78, 5) is 24.9. The standard InChI is InChI=1S/C15H18N2O3/c1-3-10(2)16-15(20)17-8-7-12-11(9-17)5-4-6-13(12)14(18)19/h3-6,10H,1,7-9H2,2H3,(H,16,20)(H,18,19). The molecule has 0 saturated carbocycles. The lowest BCUT2D eigenvalue weighted by atomic mass is 9.94. The fourth-order valence-corrected chi connectivity index (χ4v) is 2.33. The van der Waals surface area contributed by atoms with Gasteiger partial charge in [0.2, 0.25) is 0 Å². The summed E-state index contributed by atoms with van der Waals surface area (Å²) in [6.07, 6.45) is 2.23. The van der Waals surface area contributed by atoms with E-state index in [1.807, 2.05) is 13.0 Å². The van der Waals surface area contributed by atoms with Gasteiger partial charge in [-0.25, -0.2) is 9.59 Å². The summed E-state index contributed by atoms with van der Waals surface area (Å²) in [7, 11) is 0. The molecule has 106 valence electrons. The quantitative estimate of drug-likeness (QED) is 0.829. The third kappa shape index (κ3) is 2.82. The Hall–Kier alpha value is -2.30. The number of carboxylic acid groups (broad SMARTS) is 1. The Morgan fingerprint density at radius 3 is 2.90 bits per heavy atom. The van der Waals surface area contributed by atoms with E-state index in [1.54, 1.807) is 23.1 Å². The predicted octanol–water partition coefficient (Wildman–Crippen LogP) is 2.03. The number of carbonyl (C=O) groups excluding carboxylic acids is 1. The van der Waals surface area contributed by atoms with Crippen molar-refractivity contribution in [2.24, 2.45) is 0 Å². The van der Waals surface area contributed by atoms with Gasteiger partial charge in [-0.3, -0.25) is 0 Å². The van der Waals surface area contributed by atoms with Gasteiger partial charge in [-0.05, 0) is 30.5 Å². The van der Waals surface area contributed by atoms with Crippen LogP contribution in [0.4, 0.5) is 4.79 Å². The van der Waals surface area contributed by atoms with E-state index in [0.717, 1.165) is 11.1 Å². The van der Waals surface area contributed by atoms with Crippen molar-refractivity contribution in [3.05, 3.63) is 47.5 Å². The summed E-state index contributed by atoms with van der Waals surface area (Å²) in [6, 6.07) is 4.96. The molecular formula is C15H18N2O3. The van der Waals surface area contributed by atoms with Crippen molar-refractivity contribution in [3.8, 4) is 0 Å². The molecule has 2 rings (SSSR count). The number of hydrogen-bond acceptors (Lipinski definition) is 2. The van der Waals surface area contributed by atoms with Crippen LogP contribution in [-0.4, -0.2) is 34.6 Å². The number of hydrogen-bond donors (Lipinski definition) is 2. The monoisotopic (exact) mass is 274 g/mol. The molecule has 1 atom stereocenters. The fraction of sp³-hybridized carbons (Fsp3) is 0.333. The van der Waals surface area contributed by atoms with Crippen molar-refractivity contribution in [2.75, 3.05) is 6.54 Å². The van der Waals surface area contributed by atoms with E-state index >= 15 is 0 Å². The topological polar surface area (TPSA) is 69.6 Å². The number of rotatable bonds is 3. The van der Waals surface area contributed by atoms with Crippen LogP contribution in [0.25, 0.3) is 0 Å². The minimum atomic E-state index is -0.917. The van der Waals surface area contributed by atoms with E-state index in [-0.39, 0.29) is 12.1 Å². The molecule has 0 aromatic heterocycles. The Bertz CT molecular complexity index is 554. The van der Waals surface area contributed by atoms with Gasteiger partial charge in [-0.2, -0.15) is 0 Å². The number of nitrogens with one attached hydrogen (secondary N) is 1.